The second kappa shape index (κ2) is 5.07. The van der Waals surface area contributed by atoms with Gasteiger partial charge in [-0.15, -0.1) is 0 Å². The normalized spacial score (nSPS) is 30.7. The van der Waals surface area contributed by atoms with Gasteiger partial charge in [0.2, 0.25) is 10.0 Å². The van der Waals surface area contributed by atoms with Crippen LogP contribution in [-0.2, 0) is 14.8 Å². The maximum Gasteiger partial charge on any atom is 0.217 e. The topological polar surface area (TPSA) is 72.6 Å². The summed E-state index contributed by atoms with van der Waals surface area (Å²) in [5.74, 6) is 0. The van der Waals surface area contributed by atoms with Gasteiger partial charge in [-0.25, -0.2) is 8.42 Å². The number of sulfonamides is 1. The third-order valence-corrected chi connectivity index (χ3v) is 6.11. The predicted molar refractivity (Wildman–Crippen MR) is 70.8 cm³/mol. The SMILES string of the molecule is CC1(C)CN(S(=O)(=O)C2CCCC2)CC(CN)O1. The Balaban J connectivity index is 2.15. The zero-order valence-electron chi connectivity index (χ0n) is 11.3. The van der Waals surface area contributed by atoms with E-state index in [1.807, 2.05) is 13.8 Å². The number of rotatable bonds is 3. The smallest absolute Gasteiger partial charge is 0.217 e. The van der Waals surface area contributed by atoms with Crippen molar-refractivity contribution in [2.75, 3.05) is 19.6 Å². The molecular formula is C12H24N2O3S. The molecule has 1 saturated carbocycles. The number of hydrogen-bond acceptors (Lipinski definition) is 4. The van der Waals surface area contributed by atoms with E-state index in [0.717, 1.165) is 25.7 Å². The lowest BCUT2D eigenvalue weighted by Gasteiger charge is -2.42. The van der Waals surface area contributed by atoms with E-state index in [9.17, 15) is 8.42 Å². The first kappa shape index (κ1) is 14.2. The number of nitrogens with zero attached hydrogens (tertiary/aromatic N) is 1. The highest BCUT2D eigenvalue weighted by Crippen LogP contribution is 2.30. The minimum absolute atomic E-state index is 0.190. The second-order valence-electron chi connectivity index (χ2n) is 5.98. The summed E-state index contributed by atoms with van der Waals surface area (Å²) < 4.78 is 32.5. The van der Waals surface area contributed by atoms with Gasteiger partial charge in [-0.3, -0.25) is 0 Å². The summed E-state index contributed by atoms with van der Waals surface area (Å²) in [7, 11) is -3.18. The van der Waals surface area contributed by atoms with Crippen LogP contribution in [0.5, 0.6) is 0 Å². The molecule has 2 fully saturated rings. The Hall–Kier alpha value is -0.170. The van der Waals surface area contributed by atoms with Crippen LogP contribution in [-0.4, -0.2) is 49.3 Å². The van der Waals surface area contributed by atoms with Crippen molar-refractivity contribution in [1.29, 1.82) is 0 Å². The van der Waals surface area contributed by atoms with Gasteiger partial charge in [0.1, 0.15) is 0 Å². The monoisotopic (exact) mass is 276 g/mol. The quantitative estimate of drug-likeness (QED) is 0.823. The molecule has 2 aliphatic rings. The molecule has 0 amide bonds. The van der Waals surface area contributed by atoms with Crippen LogP contribution < -0.4 is 5.73 Å². The van der Waals surface area contributed by atoms with Gasteiger partial charge in [0.05, 0.1) is 17.0 Å². The summed E-state index contributed by atoms with van der Waals surface area (Å²) in [4.78, 5) is 0. The molecule has 0 radical (unpaired) electrons. The molecule has 1 saturated heterocycles. The first-order chi connectivity index (χ1) is 8.35. The van der Waals surface area contributed by atoms with E-state index in [4.69, 9.17) is 10.5 Å². The zero-order chi connectivity index (χ0) is 13.4. The maximum absolute atomic E-state index is 12.6. The number of morpholine rings is 1. The molecule has 0 aromatic carbocycles. The molecule has 1 aliphatic heterocycles. The molecule has 0 aromatic heterocycles. The van der Waals surface area contributed by atoms with Crippen LogP contribution in [0.3, 0.4) is 0 Å². The van der Waals surface area contributed by atoms with Crippen LogP contribution in [0.2, 0.25) is 0 Å². The molecule has 106 valence electrons. The summed E-state index contributed by atoms with van der Waals surface area (Å²) in [5, 5.41) is -0.190. The van der Waals surface area contributed by atoms with Crippen molar-refractivity contribution in [1.82, 2.24) is 4.31 Å². The van der Waals surface area contributed by atoms with Gasteiger partial charge in [0.25, 0.3) is 0 Å². The van der Waals surface area contributed by atoms with Crippen LogP contribution in [0, 0.1) is 0 Å². The fraction of sp³-hybridized carbons (Fsp3) is 1.00. The highest BCUT2D eigenvalue weighted by atomic mass is 32.2. The minimum Gasteiger partial charge on any atom is -0.368 e. The Morgan fingerprint density at radius 2 is 1.94 bits per heavy atom. The molecule has 1 heterocycles. The molecule has 6 heteroatoms. The van der Waals surface area contributed by atoms with Crippen molar-refractivity contribution in [3.05, 3.63) is 0 Å². The van der Waals surface area contributed by atoms with Gasteiger partial charge in [0, 0.05) is 19.6 Å². The van der Waals surface area contributed by atoms with Gasteiger partial charge < -0.3 is 10.5 Å². The van der Waals surface area contributed by atoms with E-state index in [0.29, 0.717) is 19.6 Å². The third kappa shape index (κ3) is 2.87. The standard InChI is InChI=1S/C12H24N2O3S/c1-12(2)9-14(8-10(7-13)17-12)18(15,16)11-5-3-4-6-11/h10-11H,3-9,13H2,1-2H3. The van der Waals surface area contributed by atoms with E-state index in [1.54, 1.807) is 4.31 Å². The molecule has 2 rings (SSSR count). The lowest BCUT2D eigenvalue weighted by molar-refractivity contribution is -0.112. The Kier molecular flexibility index (Phi) is 4.02. The van der Waals surface area contributed by atoms with E-state index in [1.165, 1.54) is 0 Å². The molecule has 1 atom stereocenters. The summed E-state index contributed by atoms with van der Waals surface area (Å²) in [5.41, 5.74) is 5.19. The fourth-order valence-electron chi connectivity index (χ4n) is 2.96. The third-order valence-electron chi connectivity index (χ3n) is 3.80. The molecule has 1 aliphatic carbocycles. The Morgan fingerprint density at radius 3 is 2.50 bits per heavy atom. The first-order valence-corrected chi connectivity index (χ1v) is 8.22. The molecule has 1 unspecified atom stereocenters. The second-order valence-corrected chi connectivity index (χ2v) is 8.19. The molecule has 2 N–H and O–H groups in total. The molecule has 0 spiro atoms. The average Bonchev–Trinajstić information content (AvgIpc) is 2.80. The minimum atomic E-state index is -3.18. The lowest BCUT2D eigenvalue weighted by Crippen LogP contribution is -2.57. The fourth-order valence-corrected chi connectivity index (χ4v) is 5.17. The van der Waals surface area contributed by atoms with Crippen molar-refractivity contribution in [3.8, 4) is 0 Å². The van der Waals surface area contributed by atoms with Crippen molar-refractivity contribution in [2.45, 2.75) is 56.5 Å². The van der Waals surface area contributed by atoms with Crippen molar-refractivity contribution in [3.63, 3.8) is 0 Å². The first-order valence-electron chi connectivity index (χ1n) is 6.72. The van der Waals surface area contributed by atoms with Gasteiger partial charge in [0.15, 0.2) is 0 Å². The van der Waals surface area contributed by atoms with Crippen LogP contribution in [0.4, 0.5) is 0 Å². The van der Waals surface area contributed by atoms with Crippen LogP contribution in [0.1, 0.15) is 39.5 Å². The zero-order valence-corrected chi connectivity index (χ0v) is 12.1. The van der Waals surface area contributed by atoms with Gasteiger partial charge >= 0.3 is 0 Å². The summed E-state index contributed by atoms with van der Waals surface area (Å²) >= 11 is 0. The van der Waals surface area contributed by atoms with Crippen molar-refractivity contribution in [2.24, 2.45) is 5.73 Å². The van der Waals surface area contributed by atoms with Gasteiger partial charge in [-0.05, 0) is 26.7 Å². The number of hydrogen-bond donors (Lipinski definition) is 1. The Bertz CT molecular complexity index is 388. The lowest BCUT2D eigenvalue weighted by atomic mass is 10.1. The number of ether oxygens (including phenoxy) is 1. The maximum atomic E-state index is 12.6. The number of nitrogens with two attached hydrogens (primary N) is 1. The van der Waals surface area contributed by atoms with Crippen LogP contribution >= 0.6 is 0 Å². The van der Waals surface area contributed by atoms with E-state index in [-0.39, 0.29) is 11.4 Å². The van der Waals surface area contributed by atoms with Gasteiger partial charge in [-0.1, -0.05) is 12.8 Å². The molecular weight excluding hydrogens is 252 g/mol. The average molecular weight is 276 g/mol. The molecule has 0 aromatic rings. The summed E-state index contributed by atoms with van der Waals surface area (Å²) in [6.07, 6.45) is 3.46. The molecule has 0 bridgehead atoms. The van der Waals surface area contributed by atoms with Crippen molar-refractivity contribution >= 4 is 10.0 Å². The highest BCUT2D eigenvalue weighted by Gasteiger charge is 2.42. The van der Waals surface area contributed by atoms with E-state index in [2.05, 4.69) is 0 Å². The van der Waals surface area contributed by atoms with E-state index >= 15 is 0 Å². The Morgan fingerprint density at radius 1 is 1.33 bits per heavy atom. The Labute approximate surface area is 110 Å². The molecule has 18 heavy (non-hydrogen) atoms. The van der Waals surface area contributed by atoms with Gasteiger partial charge in [-0.2, -0.15) is 4.31 Å². The van der Waals surface area contributed by atoms with Crippen LogP contribution in [0.15, 0.2) is 0 Å². The summed E-state index contributed by atoms with van der Waals surface area (Å²) in [6.45, 7) is 5.04. The largest absolute Gasteiger partial charge is 0.368 e. The summed E-state index contributed by atoms with van der Waals surface area (Å²) in [6, 6.07) is 0. The molecule has 5 nitrogen and oxygen atoms in total. The van der Waals surface area contributed by atoms with E-state index < -0.39 is 15.6 Å². The predicted octanol–water partition coefficient (Wildman–Crippen LogP) is 0.697. The highest BCUT2D eigenvalue weighted by molar-refractivity contribution is 7.89. The van der Waals surface area contributed by atoms with Crippen molar-refractivity contribution < 1.29 is 13.2 Å². The van der Waals surface area contributed by atoms with Crippen LogP contribution in [0.25, 0.3) is 0 Å².